The molecule has 0 saturated carbocycles. The van der Waals surface area contributed by atoms with Crippen LogP contribution in [0.3, 0.4) is 0 Å². The Morgan fingerprint density at radius 2 is 1.79 bits per heavy atom. The first-order valence-electron chi connectivity index (χ1n) is 5.46. The van der Waals surface area contributed by atoms with Gasteiger partial charge in [-0.2, -0.15) is 0 Å². The Bertz CT molecular complexity index is 340. The number of rotatable bonds is 1. The largest absolute Gasteiger partial charge is 0.121 e. The Kier molecular flexibility index (Phi) is 3.21. The fraction of sp³-hybridized carbons (Fsp3) is 0.357. The Balaban J connectivity index is 2.27. The number of hydrogen-bond acceptors (Lipinski definition) is 0. The topological polar surface area (TPSA) is 0 Å². The third-order valence-electron chi connectivity index (χ3n) is 2.67. The van der Waals surface area contributed by atoms with Crippen molar-refractivity contribution in [2.75, 3.05) is 0 Å². The van der Waals surface area contributed by atoms with E-state index in [0.717, 1.165) is 0 Å². The van der Waals surface area contributed by atoms with Gasteiger partial charge in [-0.05, 0) is 37.3 Å². The van der Waals surface area contributed by atoms with Gasteiger partial charge in [0, 0.05) is 5.57 Å². The maximum Gasteiger partial charge on any atom is 0.000867 e. The van der Waals surface area contributed by atoms with Gasteiger partial charge in [0.05, 0.1) is 0 Å². The maximum absolute atomic E-state index is 3.43. The van der Waals surface area contributed by atoms with E-state index < -0.39 is 0 Å². The van der Waals surface area contributed by atoms with Gasteiger partial charge in [-0.3, -0.25) is 0 Å². The van der Waals surface area contributed by atoms with E-state index in [1.807, 2.05) is 0 Å². The molecule has 0 saturated heterocycles. The molecule has 72 valence electrons. The summed E-state index contributed by atoms with van der Waals surface area (Å²) in [5.41, 5.74) is 6.15. The molecule has 0 heteroatoms. The first kappa shape index (κ1) is 9.30. The van der Waals surface area contributed by atoms with Gasteiger partial charge in [0.15, 0.2) is 0 Å². The van der Waals surface area contributed by atoms with Crippen LogP contribution in [0.1, 0.15) is 37.7 Å². The molecule has 0 radical (unpaired) electrons. The molecule has 0 heterocycles. The van der Waals surface area contributed by atoms with Crippen molar-refractivity contribution < 1.29 is 0 Å². The van der Waals surface area contributed by atoms with E-state index in [9.17, 15) is 0 Å². The van der Waals surface area contributed by atoms with Crippen molar-refractivity contribution >= 4 is 5.57 Å². The predicted molar refractivity (Wildman–Crippen MR) is 61.0 cm³/mol. The van der Waals surface area contributed by atoms with Gasteiger partial charge < -0.3 is 0 Å². The Morgan fingerprint density at radius 3 is 2.64 bits per heavy atom. The Labute approximate surface area is 86.0 Å². The molecule has 0 bridgehead atoms. The van der Waals surface area contributed by atoms with Crippen molar-refractivity contribution in [3.63, 3.8) is 0 Å². The molecule has 1 aromatic rings. The van der Waals surface area contributed by atoms with Crippen LogP contribution in [0.5, 0.6) is 0 Å². The van der Waals surface area contributed by atoms with Gasteiger partial charge in [0.2, 0.25) is 0 Å². The van der Waals surface area contributed by atoms with Crippen molar-refractivity contribution in [3.8, 4) is 0 Å². The van der Waals surface area contributed by atoms with Gasteiger partial charge in [-0.25, -0.2) is 0 Å². The Hall–Kier alpha value is -1.26. The van der Waals surface area contributed by atoms with Crippen LogP contribution in [0.4, 0.5) is 0 Å². The van der Waals surface area contributed by atoms with Gasteiger partial charge in [-0.15, -0.1) is 5.73 Å². The minimum atomic E-state index is 1.18. The van der Waals surface area contributed by atoms with Gasteiger partial charge in [0.25, 0.3) is 0 Å². The molecule has 0 unspecified atom stereocenters. The summed E-state index contributed by atoms with van der Waals surface area (Å²) in [6, 6.07) is 10.6. The Morgan fingerprint density at radius 1 is 0.929 bits per heavy atom. The normalized spacial score (nSPS) is 17.0. The van der Waals surface area contributed by atoms with Crippen LogP contribution < -0.4 is 0 Å². The quantitative estimate of drug-likeness (QED) is 0.574. The summed E-state index contributed by atoms with van der Waals surface area (Å²) in [4.78, 5) is 0. The first-order chi connectivity index (χ1) is 6.97. The van der Waals surface area contributed by atoms with Crippen molar-refractivity contribution in [2.24, 2.45) is 0 Å². The van der Waals surface area contributed by atoms with Crippen LogP contribution in [0.15, 0.2) is 42.1 Å². The minimum Gasteiger partial charge on any atom is -0.121 e. The second-order valence-electron chi connectivity index (χ2n) is 3.79. The molecule has 0 N–H and O–H groups in total. The molecule has 0 aromatic heterocycles. The highest BCUT2D eigenvalue weighted by atomic mass is 14.1. The lowest BCUT2D eigenvalue weighted by molar-refractivity contribution is 0.696. The number of benzene rings is 1. The highest BCUT2D eigenvalue weighted by molar-refractivity contribution is 5.64. The zero-order valence-corrected chi connectivity index (χ0v) is 8.50. The zero-order valence-electron chi connectivity index (χ0n) is 8.50. The third-order valence-corrected chi connectivity index (χ3v) is 2.67. The second kappa shape index (κ2) is 4.83. The number of hydrogen-bond donors (Lipinski definition) is 0. The average Bonchev–Trinajstić information content (AvgIpc) is 2.18. The summed E-state index contributed by atoms with van der Waals surface area (Å²) in [6.07, 6.45) is 8.56. The molecule has 2 rings (SSSR count). The molecule has 1 aliphatic rings. The maximum atomic E-state index is 3.43. The average molecular weight is 184 g/mol. The van der Waals surface area contributed by atoms with Gasteiger partial charge in [-0.1, -0.05) is 36.8 Å². The van der Waals surface area contributed by atoms with Crippen LogP contribution in [0.2, 0.25) is 0 Å². The lowest BCUT2D eigenvalue weighted by atomic mass is 9.98. The lowest BCUT2D eigenvalue weighted by Gasteiger charge is -2.07. The summed E-state index contributed by atoms with van der Waals surface area (Å²) < 4.78 is 0. The summed E-state index contributed by atoms with van der Waals surface area (Å²) in [5, 5.41) is 0. The first-order valence-corrected chi connectivity index (χ1v) is 5.46. The lowest BCUT2D eigenvalue weighted by Crippen LogP contribution is -1.86. The summed E-state index contributed by atoms with van der Waals surface area (Å²) in [7, 11) is 0. The van der Waals surface area contributed by atoms with E-state index in [1.54, 1.807) is 0 Å². The summed E-state index contributed by atoms with van der Waals surface area (Å²) in [5.74, 6) is 0. The summed E-state index contributed by atoms with van der Waals surface area (Å²) in [6.45, 7) is 0. The highest BCUT2D eigenvalue weighted by Crippen LogP contribution is 2.21. The highest BCUT2D eigenvalue weighted by Gasteiger charge is 2.01. The van der Waals surface area contributed by atoms with Crippen LogP contribution in [0.25, 0.3) is 5.57 Å². The van der Waals surface area contributed by atoms with Crippen LogP contribution in [-0.2, 0) is 0 Å². The van der Waals surface area contributed by atoms with E-state index in [-0.39, 0.29) is 0 Å². The molecule has 0 nitrogen and oxygen atoms in total. The van der Waals surface area contributed by atoms with E-state index >= 15 is 0 Å². The van der Waals surface area contributed by atoms with Gasteiger partial charge in [0.1, 0.15) is 0 Å². The molecule has 0 atom stereocenters. The molecular weight excluding hydrogens is 168 g/mol. The number of allylic oxidation sites excluding steroid dienone is 1. The van der Waals surface area contributed by atoms with E-state index in [0.29, 0.717) is 0 Å². The smallest absolute Gasteiger partial charge is 0.000867 e. The van der Waals surface area contributed by atoms with E-state index in [4.69, 9.17) is 0 Å². The fourth-order valence-corrected chi connectivity index (χ4v) is 1.86. The van der Waals surface area contributed by atoms with Crippen molar-refractivity contribution in [1.82, 2.24) is 0 Å². The van der Waals surface area contributed by atoms with Crippen LogP contribution in [-0.4, -0.2) is 0 Å². The van der Waals surface area contributed by atoms with Crippen LogP contribution >= 0.6 is 0 Å². The third kappa shape index (κ3) is 2.37. The molecule has 0 amide bonds. The second-order valence-corrected chi connectivity index (χ2v) is 3.79. The monoisotopic (exact) mass is 184 g/mol. The molecular formula is C14H16. The SMILES string of the molecule is C1=CCCCCCC=1c1ccccc1. The van der Waals surface area contributed by atoms with E-state index in [2.05, 4.69) is 42.1 Å². The minimum absolute atomic E-state index is 1.18. The zero-order chi connectivity index (χ0) is 9.64. The molecule has 1 aromatic carbocycles. The fourth-order valence-electron chi connectivity index (χ4n) is 1.86. The van der Waals surface area contributed by atoms with E-state index in [1.165, 1.54) is 43.2 Å². The standard InChI is InChI=1S/C14H16/c1-2-5-9-13(10-6-3-1)14-11-7-4-8-12-14/h4-5,7-8,11-12H,1-3,6,10H2. The molecule has 14 heavy (non-hydrogen) atoms. The molecule has 0 aliphatic heterocycles. The van der Waals surface area contributed by atoms with Crippen molar-refractivity contribution in [2.45, 2.75) is 32.1 Å². The summed E-state index contributed by atoms with van der Waals surface area (Å²) >= 11 is 0. The van der Waals surface area contributed by atoms with Crippen molar-refractivity contribution in [3.05, 3.63) is 47.7 Å². The molecule has 0 fully saturated rings. The molecule has 0 spiro atoms. The van der Waals surface area contributed by atoms with Crippen molar-refractivity contribution in [1.29, 1.82) is 0 Å². The van der Waals surface area contributed by atoms with Crippen LogP contribution in [0, 0.1) is 0 Å². The van der Waals surface area contributed by atoms with Gasteiger partial charge >= 0.3 is 0 Å². The molecule has 1 aliphatic carbocycles. The predicted octanol–water partition coefficient (Wildman–Crippen LogP) is 4.19.